The van der Waals surface area contributed by atoms with Gasteiger partial charge in [0.1, 0.15) is 5.76 Å². The molecule has 0 aromatic heterocycles. The van der Waals surface area contributed by atoms with E-state index in [1.54, 1.807) is 48.5 Å². The maximum absolute atomic E-state index is 13.7. The SMILES string of the molecule is COc1cc(/C=C/C(O)=C2/C(=O)C[C@@H](c3ccc(O)c(OC)c3)C(C#N)(C#N)[C@@H]2c2ccccc2)ccc1O. The molecule has 1 aliphatic rings. The van der Waals surface area contributed by atoms with Crippen LogP contribution in [0.2, 0.25) is 0 Å². The number of phenols is 2. The van der Waals surface area contributed by atoms with Gasteiger partial charge >= 0.3 is 0 Å². The zero-order chi connectivity index (χ0) is 28.2. The lowest BCUT2D eigenvalue weighted by Gasteiger charge is -2.41. The summed E-state index contributed by atoms with van der Waals surface area (Å²) in [5.74, 6) is -2.53. The second-order valence-electron chi connectivity index (χ2n) is 9.11. The summed E-state index contributed by atoms with van der Waals surface area (Å²) in [7, 11) is 2.80. The van der Waals surface area contributed by atoms with Gasteiger partial charge < -0.3 is 24.8 Å². The van der Waals surface area contributed by atoms with Crippen LogP contribution in [0.4, 0.5) is 0 Å². The number of ketones is 1. The van der Waals surface area contributed by atoms with Crippen molar-refractivity contribution in [2.75, 3.05) is 14.2 Å². The van der Waals surface area contributed by atoms with Crippen LogP contribution in [-0.2, 0) is 4.79 Å². The number of aromatic hydroxyl groups is 2. The number of ether oxygens (including phenoxy) is 2. The molecule has 4 rings (SSSR count). The van der Waals surface area contributed by atoms with Crippen molar-refractivity contribution in [2.24, 2.45) is 5.41 Å². The summed E-state index contributed by atoms with van der Waals surface area (Å²) in [6, 6.07) is 22.1. The molecule has 1 aliphatic carbocycles. The van der Waals surface area contributed by atoms with E-state index in [1.807, 2.05) is 0 Å². The Morgan fingerprint density at radius 3 is 2.15 bits per heavy atom. The van der Waals surface area contributed by atoms with Gasteiger partial charge in [0, 0.05) is 23.8 Å². The lowest BCUT2D eigenvalue weighted by Crippen LogP contribution is -2.42. The molecule has 1 saturated carbocycles. The summed E-state index contributed by atoms with van der Waals surface area (Å²) in [5, 5.41) is 52.3. The first kappa shape index (κ1) is 26.8. The van der Waals surface area contributed by atoms with E-state index in [-0.39, 0.29) is 40.8 Å². The number of carbonyl (C=O) groups excluding carboxylic acids is 1. The second-order valence-corrected chi connectivity index (χ2v) is 9.11. The molecule has 0 saturated heterocycles. The van der Waals surface area contributed by atoms with Gasteiger partial charge in [-0.15, -0.1) is 0 Å². The van der Waals surface area contributed by atoms with Gasteiger partial charge in [0.2, 0.25) is 0 Å². The van der Waals surface area contributed by atoms with Crippen LogP contribution in [0, 0.1) is 28.1 Å². The molecular formula is C31H26N2O6. The molecule has 8 nitrogen and oxygen atoms in total. The Morgan fingerprint density at radius 2 is 1.54 bits per heavy atom. The first-order valence-electron chi connectivity index (χ1n) is 12.0. The van der Waals surface area contributed by atoms with Gasteiger partial charge in [0.05, 0.1) is 26.4 Å². The van der Waals surface area contributed by atoms with Crippen LogP contribution in [0.1, 0.15) is 34.9 Å². The topological polar surface area (TPSA) is 144 Å². The molecule has 0 amide bonds. The number of phenolic OH excluding ortho intramolecular Hbond substituents is 2. The number of allylic oxidation sites excluding steroid dienone is 2. The lowest BCUT2D eigenvalue weighted by atomic mass is 9.55. The number of nitriles is 2. The standard InChI is InChI=1S/C31H26N2O6/c1-38-27-14-19(8-11-23(27)34)9-12-25(36)29-26(37)16-22(21-10-13-24(35)28(15-21)39-2)31(17-32,18-33)30(29)20-6-4-3-5-7-20/h3-15,22,30,34-36H,16H2,1-2H3/b12-9+,29-25+/t22-,30+/m0/s1. The summed E-state index contributed by atoms with van der Waals surface area (Å²) in [6.07, 6.45) is 2.65. The number of hydrogen-bond acceptors (Lipinski definition) is 8. The molecule has 8 heteroatoms. The van der Waals surface area contributed by atoms with Crippen LogP contribution in [0.5, 0.6) is 23.0 Å². The van der Waals surface area contributed by atoms with Crippen LogP contribution in [0.15, 0.2) is 84.1 Å². The number of hydrogen-bond donors (Lipinski definition) is 3. The van der Waals surface area contributed by atoms with E-state index in [0.717, 1.165) is 0 Å². The molecule has 1 fully saturated rings. The minimum atomic E-state index is -1.78. The van der Waals surface area contributed by atoms with E-state index in [0.29, 0.717) is 16.7 Å². The highest BCUT2D eigenvalue weighted by Crippen LogP contribution is 2.56. The van der Waals surface area contributed by atoms with Crippen LogP contribution < -0.4 is 9.47 Å². The van der Waals surface area contributed by atoms with Gasteiger partial charge in [0.15, 0.2) is 34.2 Å². The average Bonchev–Trinajstić information content (AvgIpc) is 2.96. The van der Waals surface area contributed by atoms with E-state index in [2.05, 4.69) is 12.1 Å². The fourth-order valence-electron chi connectivity index (χ4n) is 5.08. The minimum Gasteiger partial charge on any atom is -0.508 e. The Bertz CT molecular complexity index is 1530. The fraction of sp³-hybridized carbons (Fsp3) is 0.194. The highest BCUT2D eigenvalue weighted by molar-refractivity contribution is 6.00. The molecule has 0 unspecified atom stereocenters. The normalized spacial score (nSPS) is 19.6. The quantitative estimate of drug-likeness (QED) is 0.284. The molecule has 3 N–H and O–H groups in total. The minimum absolute atomic E-state index is 0.0476. The third kappa shape index (κ3) is 4.88. The highest BCUT2D eigenvalue weighted by atomic mass is 16.5. The largest absolute Gasteiger partial charge is 0.508 e. The molecule has 39 heavy (non-hydrogen) atoms. The summed E-state index contributed by atoms with van der Waals surface area (Å²) in [5.41, 5.74) is -0.251. The molecular weight excluding hydrogens is 496 g/mol. The maximum atomic E-state index is 13.7. The molecule has 0 bridgehead atoms. The number of benzene rings is 3. The van der Waals surface area contributed by atoms with Crippen molar-refractivity contribution in [1.82, 2.24) is 0 Å². The molecule has 0 radical (unpaired) electrons. The van der Waals surface area contributed by atoms with Gasteiger partial charge in [0.25, 0.3) is 0 Å². The van der Waals surface area contributed by atoms with Gasteiger partial charge in [-0.05, 0) is 47.0 Å². The Balaban J connectivity index is 1.91. The van der Waals surface area contributed by atoms with Crippen molar-refractivity contribution in [3.05, 3.63) is 101 Å². The Morgan fingerprint density at radius 1 is 0.923 bits per heavy atom. The second kappa shape index (κ2) is 11.0. The highest BCUT2D eigenvalue weighted by Gasteiger charge is 2.56. The van der Waals surface area contributed by atoms with E-state index >= 15 is 0 Å². The predicted octanol–water partition coefficient (Wildman–Crippen LogP) is 5.51. The summed E-state index contributed by atoms with van der Waals surface area (Å²) >= 11 is 0. The van der Waals surface area contributed by atoms with E-state index < -0.39 is 23.0 Å². The van der Waals surface area contributed by atoms with Crippen molar-refractivity contribution in [3.63, 3.8) is 0 Å². The van der Waals surface area contributed by atoms with Crippen molar-refractivity contribution in [2.45, 2.75) is 18.3 Å². The Kier molecular flexibility index (Phi) is 7.60. The lowest BCUT2D eigenvalue weighted by molar-refractivity contribution is -0.118. The van der Waals surface area contributed by atoms with E-state index in [1.165, 1.54) is 44.6 Å². The zero-order valence-corrected chi connectivity index (χ0v) is 21.3. The molecule has 196 valence electrons. The monoisotopic (exact) mass is 522 g/mol. The number of rotatable bonds is 6. The van der Waals surface area contributed by atoms with E-state index in [4.69, 9.17) is 9.47 Å². The zero-order valence-electron chi connectivity index (χ0n) is 21.3. The third-order valence-corrected chi connectivity index (χ3v) is 7.01. The van der Waals surface area contributed by atoms with Crippen molar-refractivity contribution < 1.29 is 29.6 Å². The van der Waals surface area contributed by atoms with Gasteiger partial charge in [-0.25, -0.2) is 0 Å². The first-order valence-corrected chi connectivity index (χ1v) is 12.0. The number of Topliss-reactive ketones (excluding diaryl/α,β-unsaturated/α-hetero) is 1. The molecule has 3 aromatic rings. The number of nitrogens with zero attached hydrogens (tertiary/aromatic N) is 2. The number of aliphatic hydroxyl groups excluding tert-OH is 1. The molecule has 0 heterocycles. The van der Waals surface area contributed by atoms with Crippen molar-refractivity contribution >= 4 is 11.9 Å². The van der Waals surface area contributed by atoms with Gasteiger partial charge in [-0.2, -0.15) is 10.5 Å². The smallest absolute Gasteiger partial charge is 0.163 e. The first-order chi connectivity index (χ1) is 18.8. The Labute approximate surface area is 225 Å². The summed E-state index contributed by atoms with van der Waals surface area (Å²) in [4.78, 5) is 13.7. The Hall–Kier alpha value is -5.21. The molecule has 0 spiro atoms. The number of aliphatic hydroxyl groups is 1. The van der Waals surface area contributed by atoms with Gasteiger partial charge in [-0.3, -0.25) is 4.79 Å². The summed E-state index contributed by atoms with van der Waals surface area (Å²) < 4.78 is 10.3. The number of carbonyl (C=O) groups is 1. The van der Waals surface area contributed by atoms with Crippen molar-refractivity contribution in [3.8, 4) is 35.1 Å². The van der Waals surface area contributed by atoms with Gasteiger partial charge in [-0.1, -0.05) is 48.5 Å². The third-order valence-electron chi connectivity index (χ3n) is 7.01. The van der Waals surface area contributed by atoms with E-state index in [9.17, 15) is 30.6 Å². The molecule has 3 aromatic carbocycles. The van der Waals surface area contributed by atoms with Crippen LogP contribution >= 0.6 is 0 Å². The molecule has 2 atom stereocenters. The summed E-state index contributed by atoms with van der Waals surface area (Å²) in [6.45, 7) is 0. The molecule has 0 aliphatic heterocycles. The van der Waals surface area contributed by atoms with Crippen LogP contribution in [0.3, 0.4) is 0 Å². The van der Waals surface area contributed by atoms with Crippen LogP contribution in [0.25, 0.3) is 6.08 Å². The van der Waals surface area contributed by atoms with Crippen LogP contribution in [-0.4, -0.2) is 35.3 Å². The predicted molar refractivity (Wildman–Crippen MR) is 143 cm³/mol. The average molecular weight is 523 g/mol. The maximum Gasteiger partial charge on any atom is 0.163 e. The van der Waals surface area contributed by atoms with Crippen molar-refractivity contribution in [1.29, 1.82) is 10.5 Å². The number of methoxy groups -OCH3 is 2. The fourth-order valence-corrected chi connectivity index (χ4v) is 5.08.